The van der Waals surface area contributed by atoms with Crippen LogP contribution in [0.1, 0.15) is 11.1 Å². The zero-order chi connectivity index (χ0) is 19.3. The summed E-state index contributed by atoms with van der Waals surface area (Å²) in [6.07, 6.45) is 0. The predicted molar refractivity (Wildman–Crippen MR) is 109 cm³/mol. The molecule has 136 valence electrons. The first-order valence-electron chi connectivity index (χ1n) is 9.09. The maximum atomic E-state index is 13.5. The van der Waals surface area contributed by atoms with Gasteiger partial charge in [-0.25, -0.2) is 19.3 Å². The summed E-state index contributed by atoms with van der Waals surface area (Å²) in [6, 6.07) is 20.4. The number of aryl methyl sites for hydroxylation is 2. The number of nitrogens with zero attached hydrogens (tertiary/aromatic N) is 4. The molecule has 5 rings (SSSR count). The second-order valence-electron chi connectivity index (χ2n) is 6.93. The van der Waals surface area contributed by atoms with Gasteiger partial charge < -0.3 is 0 Å². The molecule has 0 fully saturated rings. The van der Waals surface area contributed by atoms with Crippen LogP contribution < -0.4 is 0 Å². The smallest absolute Gasteiger partial charge is 0.199 e. The summed E-state index contributed by atoms with van der Waals surface area (Å²) in [7, 11) is 0. The van der Waals surface area contributed by atoms with Crippen molar-refractivity contribution in [1.29, 1.82) is 0 Å². The minimum atomic E-state index is -0.278. The van der Waals surface area contributed by atoms with E-state index in [0.29, 0.717) is 17.1 Å². The van der Waals surface area contributed by atoms with E-state index in [4.69, 9.17) is 15.0 Å². The molecule has 0 radical (unpaired) electrons. The van der Waals surface area contributed by atoms with E-state index in [9.17, 15) is 4.39 Å². The van der Waals surface area contributed by atoms with Crippen LogP contribution in [0.15, 0.2) is 66.7 Å². The third-order valence-electron chi connectivity index (χ3n) is 4.87. The Labute approximate surface area is 161 Å². The minimum Gasteiger partial charge on any atom is -0.275 e. The van der Waals surface area contributed by atoms with Crippen molar-refractivity contribution in [3.8, 4) is 17.1 Å². The molecular formula is C23H17FN4. The van der Waals surface area contributed by atoms with E-state index in [-0.39, 0.29) is 5.82 Å². The summed E-state index contributed by atoms with van der Waals surface area (Å²) in [4.78, 5) is 14.3. The number of halogens is 1. The molecule has 3 aromatic carbocycles. The minimum absolute atomic E-state index is 0.278. The van der Waals surface area contributed by atoms with E-state index in [2.05, 4.69) is 32.0 Å². The summed E-state index contributed by atoms with van der Waals surface area (Å²) < 4.78 is 15.5. The highest BCUT2D eigenvalue weighted by atomic mass is 19.1. The van der Waals surface area contributed by atoms with Crippen molar-refractivity contribution >= 4 is 22.3 Å². The van der Waals surface area contributed by atoms with Gasteiger partial charge in [0.2, 0.25) is 0 Å². The SMILES string of the molecule is Cc1ccc(-n2c(-c3ccc(F)cc3)nc3nc4ccccc4nc32)c(C)c1. The Kier molecular flexibility index (Phi) is 3.69. The lowest BCUT2D eigenvalue weighted by molar-refractivity contribution is 0.628. The predicted octanol–water partition coefficient (Wildman–Crippen LogP) is 5.39. The fourth-order valence-corrected chi connectivity index (χ4v) is 3.53. The van der Waals surface area contributed by atoms with Gasteiger partial charge in [0.05, 0.1) is 16.7 Å². The molecule has 0 saturated heterocycles. The third-order valence-corrected chi connectivity index (χ3v) is 4.87. The summed E-state index contributed by atoms with van der Waals surface area (Å²) in [5.41, 5.74) is 6.95. The van der Waals surface area contributed by atoms with Crippen LogP contribution in [0.3, 0.4) is 0 Å². The molecule has 2 aromatic heterocycles. The van der Waals surface area contributed by atoms with E-state index in [0.717, 1.165) is 27.8 Å². The zero-order valence-corrected chi connectivity index (χ0v) is 15.5. The molecule has 0 saturated carbocycles. The van der Waals surface area contributed by atoms with Crippen molar-refractivity contribution in [2.75, 3.05) is 0 Å². The third kappa shape index (κ3) is 2.63. The average molecular weight is 368 g/mol. The lowest BCUT2D eigenvalue weighted by Gasteiger charge is -2.12. The molecule has 0 aliphatic carbocycles. The molecule has 0 unspecified atom stereocenters. The van der Waals surface area contributed by atoms with Crippen molar-refractivity contribution in [3.05, 3.63) is 83.7 Å². The Morgan fingerprint density at radius 3 is 2.21 bits per heavy atom. The Bertz CT molecular complexity index is 1340. The van der Waals surface area contributed by atoms with Crippen LogP contribution in [-0.2, 0) is 0 Å². The Morgan fingerprint density at radius 1 is 0.786 bits per heavy atom. The summed E-state index contributed by atoms with van der Waals surface area (Å²) in [6.45, 7) is 4.13. The number of hydrogen-bond acceptors (Lipinski definition) is 3. The Hall–Kier alpha value is -3.60. The molecule has 5 aromatic rings. The molecule has 0 spiro atoms. The van der Waals surface area contributed by atoms with E-state index in [1.54, 1.807) is 12.1 Å². The Balaban J connectivity index is 1.89. The van der Waals surface area contributed by atoms with Crippen LogP contribution in [0.2, 0.25) is 0 Å². The topological polar surface area (TPSA) is 43.6 Å². The molecule has 0 amide bonds. The number of hydrogen-bond donors (Lipinski definition) is 0. The molecule has 0 bridgehead atoms. The van der Waals surface area contributed by atoms with Gasteiger partial charge in [0.15, 0.2) is 11.3 Å². The molecule has 5 heteroatoms. The maximum absolute atomic E-state index is 13.5. The van der Waals surface area contributed by atoms with Gasteiger partial charge in [0.1, 0.15) is 11.6 Å². The van der Waals surface area contributed by atoms with E-state index in [1.807, 2.05) is 28.8 Å². The van der Waals surface area contributed by atoms with E-state index < -0.39 is 0 Å². The van der Waals surface area contributed by atoms with Gasteiger partial charge in [-0.15, -0.1) is 0 Å². The second-order valence-corrected chi connectivity index (χ2v) is 6.93. The van der Waals surface area contributed by atoms with E-state index in [1.165, 1.54) is 17.7 Å². The maximum Gasteiger partial charge on any atom is 0.199 e. The summed E-state index contributed by atoms with van der Waals surface area (Å²) in [5.74, 6) is 0.414. The molecule has 28 heavy (non-hydrogen) atoms. The molecule has 0 N–H and O–H groups in total. The summed E-state index contributed by atoms with van der Waals surface area (Å²) >= 11 is 0. The number of aromatic nitrogens is 4. The van der Waals surface area contributed by atoms with Crippen LogP contribution in [-0.4, -0.2) is 19.5 Å². The zero-order valence-electron chi connectivity index (χ0n) is 15.5. The first-order valence-corrected chi connectivity index (χ1v) is 9.09. The number of benzene rings is 3. The van der Waals surface area contributed by atoms with Crippen molar-refractivity contribution in [2.45, 2.75) is 13.8 Å². The normalized spacial score (nSPS) is 11.4. The highest BCUT2D eigenvalue weighted by molar-refractivity contribution is 5.86. The monoisotopic (exact) mass is 368 g/mol. The molecular weight excluding hydrogens is 351 g/mol. The number of imidazole rings is 1. The summed E-state index contributed by atoms with van der Waals surface area (Å²) in [5, 5.41) is 0. The largest absolute Gasteiger partial charge is 0.275 e. The van der Waals surface area contributed by atoms with Crippen LogP contribution in [0.5, 0.6) is 0 Å². The van der Waals surface area contributed by atoms with Crippen molar-refractivity contribution in [1.82, 2.24) is 19.5 Å². The second kappa shape index (κ2) is 6.23. The first kappa shape index (κ1) is 16.6. The average Bonchev–Trinajstić information content (AvgIpc) is 3.05. The van der Waals surface area contributed by atoms with Crippen molar-refractivity contribution < 1.29 is 4.39 Å². The molecule has 4 nitrogen and oxygen atoms in total. The van der Waals surface area contributed by atoms with Gasteiger partial charge in [-0.3, -0.25) is 4.57 Å². The number of rotatable bonds is 2. The van der Waals surface area contributed by atoms with Crippen LogP contribution >= 0.6 is 0 Å². The molecule has 0 atom stereocenters. The quantitative estimate of drug-likeness (QED) is 0.419. The van der Waals surface area contributed by atoms with Gasteiger partial charge in [-0.05, 0) is 61.9 Å². The van der Waals surface area contributed by atoms with Gasteiger partial charge in [0.25, 0.3) is 0 Å². The molecule has 0 aliphatic rings. The van der Waals surface area contributed by atoms with Crippen LogP contribution in [0, 0.1) is 19.7 Å². The fourth-order valence-electron chi connectivity index (χ4n) is 3.53. The van der Waals surface area contributed by atoms with Crippen molar-refractivity contribution in [2.24, 2.45) is 0 Å². The lowest BCUT2D eigenvalue weighted by Crippen LogP contribution is -2.02. The highest BCUT2D eigenvalue weighted by Gasteiger charge is 2.18. The van der Waals surface area contributed by atoms with Crippen molar-refractivity contribution in [3.63, 3.8) is 0 Å². The van der Waals surface area contributed by atoms with Crippen LogP contribution in [0.25, 0.3) is 39.4 Å². The number of fused-ring (bicyclic) bond motifs is 2. The van der Waals surface area contributed by atoms with Crippen LogP contribution in [0.4, 0.5) is 4.39 Å². The fraction of sp³-hybridized carbons (Fsp3) is 0.0870. The van der Waals surface area contributed by atoms with E-state index >= 15 is 0 Å². The number of para-hydroxylation sites is 2. The standard InChI is InChI=1S/C23H17FN4/c1-14-7-12-20(15(2)13-14)28-22(16-8-10-17(24)11-9-16)27-21-23(28)26-19-6-4-3-5-18(19)25-21/h3-13H,1-2H3. The molecule has 2 heterocycles. The van der Waals surface area contributed by atoms with Gasteiger partial charge in [-0.1, -0.05) is 29.8 Å². The Morgan fingerprint density at radius 2 is 1.50 bits per heavy atom. The lowest BCUT2D eigenvalue weighted by atomic mass is 10.1. The first-order chi connectivity index (χ1) is 13.6. The van der Waals surface area contributed by atoms with Gasteiger partial charge >= 0.3 is 0 Å². The van der Waals surface area contributed by atoms with Gasteiger partial charge in [0, 0.05) is 5.56 Å². The van der Waals surface area contributed by atoms with Gasteiger partial charge in [-0.2, -0.15) is 0 Å². The highest BCUT2D eigenvalue weighted by Crippen LogP contribution is 2.30. The molecule has 0 aliphatic heterocycles.